The van der Waals surface area contributed by atoms with Crippen LogP contribution in [0.3, 0.4) is 0 Å². The van der Waals surface area contributed by atoms with Crippen molar-refractivity contribution in [2.24, 2.45) is 7.05 Å². The van der Waals surface area contributed by atoms with Gasteiger partial charge in [-0.15, -0.1) is 21.5 Å². The Hall–Kier alpha value is -3.40. The average molecular weight is 458 g/mol. The standard InChI is InChI=1S/C22H24FN5O3S/c1-11-10-15(6-7-16(11)23)25-21(30)18-12(2)19(28(5)13(18)3)20(29)22(31)24-9-8-17-27-26-14(4)32-17/h6-7,10H,8-9H2,1-5H3,(H,24,31)(H,25,30). The summed E-state index contributed by atoms with van der Waals surface area (Å²) in [5.41, 5.74) is 2.23. The highest BCUT2D eigenvalue weighted by molar-refractivity contribution is 7.11. The summed E-state index contributed by atoms with van der Waals surface area (Å²) in [5, 5.41) is 14.8. The number of ketones is 1. The van der Waals surface area contributed by atoms with Crippen molar-refractivity contribution in [3.05, 3.63) is 62.1 Å². The van der Waals surface area contributed by atoms with E-state index in [1.807, 2.05) is 6.92 Å². The van der Waals surface area contributed by atoms with Crippen LogP contribution >= 0.6 is 11.3 Å². The molecule has 0 aliphatic rings. The SMILES string of the molecule is Cc1nnc(CCNC(=O)C(=O)c2c(C)c(C(=O)Nc3ccc(F)c(C)c3)c(C)n2C)s1. The molecular weight excluding hydrogens is 433 g/mol. The van der Waals surface area contributed by atoms with Crippen LogP contribution in [0.5, 0.6) is 0 Å². The van der Waals surface area contributed by atoms with Gasteiger partial charge in [0.2, 0.25) is 0 Å². The number of hydrogen-bond donors (Lipinski definition) is 2. The second kappa shape index (κ2) is 9.39. The van der Waals surface area contributed by atoms with Crippen LogP contribution in [0.4, 0.5) is 10.1 Å². The highest BCUT2D eigenvalue weighted by Crippen LogP contribution is 2.24. The summed E-state index contributed by atoms with van der Waals surface area (Å²) in [4.78, 5) is 38.2. The number of nitrogens with zero attached hydrogens (tertiary/aromatic N) is 3. The monoisotopic (exact) mass is 457 g/mol. The zero-order chi connectivity index (χ0) is 23.6. The van der Waals surface area contributed by atoms with Crippen LogP contribution < -0.4 is 10.6 Å². The Balaban J connectivity index is 1.75. The third kappa shape index (κ3) is 4.75. The second-order valence-electron chi connectivity index (χ2n) is 7.46. The topological polar surface area (TPSA) is 106 Å². The van der Waals surface area contributed by atoms with Gasteiger partial charge in [-0.05, 0) is 57.0 Å². The molecule has 0 saturated carbocycles. The van der Waals surface area contributed by atoms with Crippen LogP contribution in [-0.2, 0) is 18.3 Å². The quantitative estimate of drug-likeness (QED) is 0.419. The van der Waals surface area contributed by atoms with Crippen LogP contribution in [0.25, 0.3) is 0 Å². The number of carbonyl (C=O) groups excluding carboxylic acids is 3. The van der Waals surface area contributed by atoms with E-state index in [1.165, 1.54) is 34.1 Å². The number of nitrogens with one attached hydrogen (secondary N) is 2. The van der Waals surface area contributed by atoms with Gasteiger partial charge in [-0.25, -0.2) is 4.39 Å². The summed E-state index contributed by atoms with van der Waals surface area (Å²) in [6, 6.07) is 4.27. The first-order valence-corrected chi connectivity index (χ1v) is 10.8. The Morgan fingerprint density at radius 2 is 1.84 bits per heavy atom. The molecule has 10 heteroatoms. The lowest BCUT2D eigenvalue weighted by molar-refractivity contribution is -0.117. The van der Waals surface area contributed by atoms with Gasteiger partial charge in [-0.1, -0.05) is 0 Å². The smallest absolute Gasteiger partial charge is 0.294 e. The molecule has 2 heterocycles. The molecule has 3 aromatic rings. The molecule has 168 valence electrons. The van der Waals surface area contributed by atoms with Gasteiger partial charge in [-0.3, -0.25) is 14.4 Å². The van der Waals surface area contributed by atoms with Crippen molar-refractivity contribution in [3.8, 4) is 0 Å². The number of anilines is 1. The minimum atomic E-state index is -0.754. The maximum atomic E-state index is 13.5. The number of halogens is 1. The number of benzene rings is 1. The van der Waals surface area contributed by atoms with E-state index < -0.39 is 17.6 Å². The van der Waals surface area contributed by atoms with Crippen molar-refractivity contribution in [3.63, 3.8) is 0 Å². The molecule has 0 fully saturated rings. The first-order valence-electron chi connectivity index (χ1n) is 9.95. The van der Waals surface area contributed by atoms with E-state index >= 15 is 0 Å². The second-order valence-corrected chi connectivity index (χ2v) is 8.73. The highest BCUT2D eigenvalue weighted by atomic mass is 32.1. The van der Waals surface area contributed by atoms with E-state index in [2.05, 4.69) is 20.8 Å². The van der Waals surface area contributed by atoms with Gasteiger partial charge < -0.3 is 15.2 Å². The van der Waals surface area contributed by atoms with Crippen LogP contribution in [0.1, 0.15) is 47.7 Å². The fraction of sp³-hybridized carbons (Fsp3) is 0.318. The van der Waals surface area contributed by atoms with Crippen LogP contribution in [-0.4, -0.2) is 38.9 Å². The van der Waals surface area contributed by atoms with Gasteiger partial charge >= 0.3 is 0 Å². The molecule has 0 bridgehead atoms. The predicted octanol–water partition coefficient (Wildman–Crippen LogP) is 3.04. The highest BCUT2D eigenvalue weighted by Gasteiger charge is 2.28. The molecule has 0 aliphatic heterocycles. The molecule has 0 spiro atoms. The van der Waals surface area contributed by atoms with Crippen LogP contribution in [0, 0.1) is 33.5 Å². The van der Waals surface area contributed by atoms with Crippen LogP contribution in [0.15, 0.2) is 18.2 Å². The van der Waals surface area contributed by atoms with Gasteiger partial charge in [0.1, 0.15) is 15.8 Å². The van der Waals surface area contributed by atoms with Gasteiger partial charge in [0.25, 0.3) is 17.6 Å². The first-order chi connectivity index (χ1) is 15.1. The van der Waals surface area contributed by atoms with Crippen molar-refractivity contribution in [1.29, 1.82) is 0 Å². The first kappa shape index (κ1) is 23.3. The lowest BCUT2D eigenvalue weighted by atomic mass is 10.1. The van der Waals surface area contributed by atoms with Crippen molar-refractivity contribution in [2.75, 3.05) is 11.9 Å². The van der Waals surface area contributed by atoms with Crippen molar-refractivity contribution in [2.45, 2.75) is 34.1 Å². The third-order valence-electron chi connectivity index (χ3n) is 5.19. The molecule has 0 aliphatic carbocycles. The Bertz CT molecular complexity index is 1210. The Labute approximate surface area is 188 Å². The number of Topliss-reactive ketones (excluding diaryl/α,β-unsaturated/α-hetero) is 1. The Kier molecular flexibility index (Phi) is 6.83. The fourth-order valence-electron chi connectivity index (χ4n) is 3.46. The molecule has 3 rings (SSSR count). The van der Waals surface area contributed by atoms with E-state index in [-0.39, 0.29) is 18.1 Å². The Morgan fingerprint density at radius 3 is 2.47 bits per heavy atom. The zero-order valence-electron chi connectivity index (χ0n) is 18.5. The predicted molar refractivity (Wildman–Crippen MR) is 120 cm³/mol. The molecule has 32 heavy (non-hydrogen) atoms. The molecule has 1 aromatic carbocycles. The van der Waals surface area contributed by atoms with E-state index in [0.717, 1.165) is 10.0 Å². The number of aromatic nitrogens is 3. The maximum Gasteiger partial charge on any atom is 0.294 e. The molecule has 0 saturated heterocycles. The molecule has 0 unspecified atom stereocenters. The van der Waals surface area contributed by atoms with E-state index in [0.29, 0.717) is 34.5 Å². The summed E-state index contributed by atoms with van der Waals surface area (Å²) in [5.74, 6) is -2.28. The van der Waals surface area contributed by atoms with Crippen molar-refractivity contribution < 1.29 is 18.8 Å². The Morgan fingerprint density at radius 1 is 1.12 bits per heavy atom. The number of carbonyl (C=O) groups is 3. The molecule has 2 amide bonds. The minimum absolute atomic E-state index is 0.146. The van der Waals surface area contributed by atoms with Crippen molar-refractivity contribution in [1.82, 2.24) is 20.1 Å². The van der Waals surface area contributed by atoms with E-state index in [4.69, 9.17) is 0 Å². The fourth-order valence-corrected chi connectivity index (χ4v) is 4.17. The maximum absolute atomic E-state index is 13.5. The number of aryl methyl sites for hydroxylation is 2. The zero-order valence-corrected chi connectivity index (χ0v) is 19.3. The minimum Gasteiger partial charge on any atom is -0.349 e. The summed E-state index contributed by atoms with van der Waals surface area (Å²) in [7, 11) is 1.63. The molecule has 0 radical (unpaired) electrons. The van der Waals surface area contributed by atoms with E-state index in [1.54, 1.807) is 27.8 Å². The molecule has 8 nitrogen and oxygen atoms in total. The van der Waals surface area contributed by atoms with Gasteiger partial charge in [-0.2, -0.15) is 0 Å². The molecule has 0 atom stereocenters. The third-order valence-corrected chi connectivity index (χ3v) is 6.09. The lowest BCUT2D eigenvalue weighted by Gasteiger charge is -2.07. The van der Waals surface area contributed by atoms with Gasteiger partial charge in [0.15, 0.2) is 0 Å². The van der Waals surface area contributed by atoms with Crippen LogP contribution in [0.2, 0.25) is 0 Å². The van der Waals surface area contributed by atoms with Gasteiger partial charge in [0, 0.05) is 31.4 Å². The number of amides is 2. The summed E-state index contributed by atoms with van der Waals surface area (Å²) < 4.78 is 15.0. The number of hydrogen-bond acceptors (Lipinski definition) is 6. The average Bonchev–Trinajstić information content (AvgIpc) is 3.24. The summed E-state index contributed by atoms with van der Waals surface area (Å²) in [6.45, 7) is 7.02. The molecule has 2 aromatic heterocycles. The normalized spacial score (nSPS) is 10.8. The van der Waals surface area contributed by atoms with E-state index in [9.17, 15) is 18.8 Å². The largest absolute Gasteiger partial charge is 0.349 e. The van der Waals surface area contributed by atoms with Gasteiger partial charge in [0.05, 0.1) is 11.3 Å². The number of rotatable bonds is 7. The van der Waals surface area contributed by atoms with Crippen molar-refractivity contribution >= 4 is 34.6 Å². The molecule has 2 N–H and O–H groups in total. The lowest BCUT2D eigenvalue weighted by Crippen LogP contribution is -2.34. The summed E-state index contributed by atoms with van der Waals surface area (Å²) in [6.07, 6.45) is 0.473. The molecular formula is C22H24FN5O3S. The summed E-state index contributed by atoms with van der Waals surface area (Å²) >= 11 is 1.43.